The van der Waals surface area contributed by atoms with E-state index in [1.807, 2.05) is 31.4 Å². The van der Waals surface area contributed by atoms with Crippen LogP contribution in [0.4, 0.5) is 0 Å². The number of hydrogen-bond acceptors (Lipinski definition) is 6. The number of aryl methyl sites for hydroxylation is 1. The largest absolute Gasteiger partial charge is 0.376 e. The maximum Gasteiger partial charge on any atom is 0.192 e. The first-order chi connectivity index (χ1) is 14.1. The number of ketones is 1. The summed E-state index contributed by atoms with van der Waals surface area (Å²) in [5, 5.41) is 11.7. The fourth-order valence-electron chi connectivity index (χ4n) is 3.92. The van der Waals surface area contributed by atoms with Crippen molar-refractivity contribution in [1.29, 1.82) is 0 Å². The zero-order valence-electron chi connectivity index (χ0n) is 17.1. The summed E-state index contributed by atoms with van der Waals surface area (Å²) in [5.74, 6) is 1.34. The Kier molecular flexibility index (Phi) is 6.22. The summed E-state index contributed by atoms with van der Waals surface area (Å²) in [6, 6.07) is 6.07. The Morgan fingerprint density at radius 1 is 1.34 bits per heavy atom. The van der Waals surface area contributed by atoms with Crippen LogP contribution in [0.1, 0.15) is 41.5 Å². The molecule has 0 radical (unpaired) electrons. The van der Waals surface area contributed by atoms with E-state index in [4.69, 9.17) is 4.74 Å². The molecule has 1 aliphatic rings. The number of thioether (sulfide) groups is 1. The van der Waals surface area contributed by atoms with Gasteiger partial charge in [0.05, 0.1) is 23.3 Å². The van der Waals surface area contributed by atoms with Gasteiger partial charge in [0.1, 0.15) is 0 Å². The van der Waals surface area contributed by atoms with Gasteiger partial charge >= 0.3 is 0 Å². The Morgan fingerprint density at radius 3 is 2.86 bits per heavy atom. The molecule has 1 unspecified atom stereocenters. The molecule has 1 aliphatic heterocycles. The van der Waals surface area contributed by atoms with E-state index in [-0.39, 0.29) is 11.9 Å². The summed E-state index contributed by atoms with van der Waals surface area (Å²) >= 11 is 3.11. The highest BCUT2D eigenvalue weighted by Crippen LogP contribution is 2.29. The van der Waals surface area contributed by atoms with E-state index in [0.29, 0.717) is 5.75 Å². The Morgan fingerprint density at radius 2 is 2.21 bits per heavy atom. The number of carbonyl (C=O) groups is 1. The Bertz CT molecular complexity index is 985. The lowest BCUT2D eigenvalue weighted by Gasteiger charge is -2.14. The van der Waals surface area contributed by atoms with Gasteiger partial charge in [-0.25, -0.2) is 0 Å². The van der Waals surface area contributed by atoms with Gasteiger partial charge in [-0.3, -0.25) is 9.36 Å². The van der Waals surface area contributed by atoms with Gasteiger partial charge in [-0.1, -0.05) is 17.8 Å². The van der Waals surface area contributed by atoms with Crippen molar-refractivity contribution in [3.63, 3.8) is 0 Å². The van der Waals surface area contributed by atoms with E-state index >= 15 is 0 Å². The lowest BCUT2D eigenvalue weighted by Crippen LogP contribution is -2.17. The summed E-state index contributed by atoms with van der Waals surface area (Å²) in [7, 11) is 0. The number of thiophene rings is 1. The highest BCUT2D eigenvalue weighted by molar-refractivity contribution is 7.99. The molecular weight excluding hydrogens is 404 g/mol. The van der Waals surface area contributed by atoms with Crippen molar-refractivity contribution in [2.24, 2.45) is 0 Å². The van der Waals surface area contributed by atoms with Crippen molar-refractivity contribution in [3.8, 4) is 10.7 Å². The first-order valence-electron chi connectivity index (χ1n) is 10.00. The molecule has 0 bridgehead atoms. The summed E-state index contributed by atoms with van der Waals surface area (Å²) in [4.78, 5) is 14.0. The molecule has 3 aromatic rings. The van der Waals surface area contributed by atoms with Gasteiger partial charge in [-0.05, 0) is 51.1 Å². The van der Waals surface area contributed by atoms with Gasteiger partial charge in [0.2, 0.25) is 0 Å². The number of nitrogens with zero attached hydrogens (tertiary/aromatic N) is 4. The van der Waals surface area contributed by atoms with Crippen molar-refractivity contribution in [2.45, 2.75) is 58.0 Å². The van der Waals surface area contributed by atoms with Crippen LogP contribution in [-0.2, 0) is 17.8 Å². The van der Waals surface area contributed by atoms with Crippen LogP contribution >= 0.6 is 23.1 Å². The predicted octanol–water partition coefficient (Wildman–Crippen LogP) is 4.60. The van der Waals surface area contributed by atoms with Gasteiger partial charge in [-0.15, -0.1) is 21.5 Å². The average Bonchev–Trinajstić information content (AvgIpc) is 3.48. The van der Waals surface area contributed by atoms with Crippen molar-refractivity contribution in [3.05, 3.63) is 40.5 Å². The first kappa shape index (κ1) is 20.4. The molecule has 0 N–H and O–H groups in total. The van der Waals surface area contributed by atoms with Gasteiger partial charge in [0.15, 0.2) is 16.8 Å². The Labute approximate surface area is 179 Å². The molecule has 1 saturated heterocycles. The lowest BCUT2D eigenvalue weighted by molar-refractivity contribution is 0.0953. The molecule has 154 valence electrons. The highest BCUT2D eigenvalue weighted by atomic mass is 32.2. The molecule has 0 aromatic carbocycles. The molecule has 29 heavy (non-hydrogen) atoms. The van der Waals surface area contributed by atoms with E-state index in [1.165, 1.54) is 11.8 Å². The number of Topliss-reactive ketones (excluding diaryl/α,β-unsaturated/α-hetero) is 1. The molecule has 0 aliphatic carbocycles. The van der Waals surface area contributed by atoms with Crippen LogP contribution in [0.2, 0.25) is 0 Å². The van der Waals surface area contributed by atoms with E-state index in [0.717, 1.165) is 65.3 Å². The second-order valence-electron chi connectivity index (χ2n) is 7.27. The van der Waals surface area contributed by atoms with Crippen molar-refractivity contribution in [1.82, 2.24) is 19.3 Å². The molecule has 6 nitrogen and oxygen atoms in total. The van der Waals surface area contributed by atoms with Crippen LogP contribution in [0.5, 0.6) is 0 Å². The molecule has 0 spiro atoms. The smallest absolute Gasteiger partial charge is 0.192 e. The number of carbonyl (C=O) groups excluding carboxylic acids is 1. The normalized spacial score (nSPS) is 16.6. The average molecular weight is 431 g/mol. The SMILES string of the molecule is CCn1c(C)cc(C(=O)CSc2nnc(-c3cccs3)n2CC2CCCO2)c1C. The van der Waals surface area contributed by atoms with Gasteiger partial charge < -0.3 is 9.30 Å². The molecule has 8 heteroatoms. The summed E-state index contributed by atoms with van der Waals surface area (Å²) in [6.07, 6.45) is 2.33. The van der Waals surface area contributed by atoms with Crippen LogP contribution in [0.3, 0.4) is 0 Å². The molecule has 4 rings (SSSR count). The van der Waals surface area contributed by atoms with E-state index in [1.54, 1.807) is 11.3 Å². The molecular formula is C21H26N4O2S2. The van der Waals surface area contributed by atoms with Gasteiger partial charge in [-0.2, -0.15) is 0 Å². The van der Waals surface area contributed by atoms with Crippen molar-refractivity contribution in [2.75, 3.05) is 12.4 Å². The van der Waals surface area contributed by atoms with E-state index in [2.05, 4.69) is 32.3 Å². The summed E-state index contributed by atoms with van der Waals surface area (Å²) < 4.78 is 10.1. The minimum Gasteiger partial charge on any atom is -0.376 e. The minimum atomic E-state index is 0.132. The minimum absolute atomic E-state index is 0.132. The fraction of sp³-hybridized carbons (Fsp3) is 0.476. The summed E-state index contributed by atoms with van der Waals surface area (Å²) in [6.45, 7) is 8.58. The third kappa shape index (κ3) is 4.20. The standard InChI is InChI=1S/C21H26N4O2S2/c1-4-24-14(2)11-17(15(24)3)18(26)13-29-21-23-22-20(19-8-6-10-28-19)25(21)12-16-7-5-9-27-16/h6,8,10-11,16H,4-5,7,9,12-13H2,1-3H3. The third-order valence-corrected chi connectivity index (χ3v) is 7.22. The van der Waals surface area contributed by atoms with Crippen LogP contribution in [-0.4, -0.2) is 43.6 Å². The van der Waals surface area contributed by atoms with Crippen molar-refractivity contribution < 1.29 is 9.53 Å². The number of ether oxygens (including phenoxy) is 1. The molecule has 3 aromatic heterocycles. The number of hydrogen-bond donors (Lipinski definition) is 0. The summed E-state index contributed by atoms with van der Waals surface area (Å²) in [5.41, 5.74) is 2.97. The monoisotopic (exact) mass is 430 g/mol. The maximum absolute atomic E-state index is 12.9. The van der Waals surface area contributed by atoms with Gasteiger partial charge in [0.25, 0.3) is 0 Å². The zero-order chi connectivity index (χ0) is 20.4. The molecule has 1 atom stereocenters. The predicted molar refractivity (Wildman–Crippen MR) is 117 cm³/mol. The molecule has 4 heterocycles. The maximum atomic E-state index is 12.9. The van der Waals surface area contributed by atoms with E-state index < -0.39 is 0 Å². The van der Waals surface area contributed by atoms with Crippen LogP contribution in [0.25, 0.3) is 10.7 Å². The van der Waals surface area contributed by atoms with E-state index in [9.17, 15) is 4.79 Å². The number of rotatable bonds is 8. The second-order valence-corrected chi connectivity index (χ2v) is 9.16. The van der Waals surface area contributed by atoms with Crippen molar-refractivity contribution >= 4 is 28.9 Å². The molecule has 0 saturated carbocycles. The quantitative estimate of drug-likeness (QED) is 0.386. The Balaban J connectivity index is 1.54. The zero-order valence-corrected chi connectivity index (χ0v) is 18.7. The fourth-order valence-corrected chi connectivity index (χ4v) is 5.47. The highest BCUT2D eigenvalue weighted by Gasteiger charge is 2.23. The molecule has 1 fully saturated rings. The Hall–Kier alpha value is -1.90. The topological polar surface area (TPSA) is 61.9 Å². The first-order valence-corrected chi connectivity index (χ1v) is 11.9. The van der Waals surface area contributed by atoms with Crippen LogP contribution in [0, 0.1) is 13.8 Å². The number of aromatic nitrogens is 4. The second kappa shape index (κ2) is 8.85. The van der Waals surface area contributed by atoms with Gasteiger partial charge in [0, 0.05) is 30.1 Å². The third-order valence-electron chi connectivity index (χ3n) is 5.39. The molecule has 0 amide bonds. The van der Waals surface area contributed by atoms with Crippen LogP contribution in [0.15, 0.2) is 28.7 Å². The van der Waals surface area contributed by atoms with Crippen LogP contribution < -0.4 is 0 Å². The lowest BCUT2D eigenvalue weighted by atomic mass is 10.2.